The molecule has 1 amide bonds. The van der Waals surface area contributed by atoms with Gasteiger partial charge in [0, 0.05) is 13.1 Å². The zero-order valence-electron chi connectivity index (χ0n) is 14.3. The Hall–Kier alpha value is -1.93. The van der Waals surface area contributed by atoms with Gasteiger partial charge in [-0.05, 0) is 31.9 Å². The lowest BCUT2D eigenvalue weighted by Gasteiger charge is -2.34. The van der Waals surface area contributed by atoms with E-state index in [1.807, 2.05) is 6.92 Å². The van der Waals surface area contributed by atoms with Crippen LogP contribution < -0.4 is 5.32 Å². The number of piperazine rings is 1. The van der Waals surface area contributed by atoms with Gasteiger partial charge in [0.25, 0.3) is 0 Å². The second-order valence-corrected chi connectivity index (χ2v) is 7.76. The molecule has 0 aliphatic carbocycles. The van der Waals surface area contributed by atoms with Gasteiger partial charge in [0.15, 0.2) is 0 Å². The molecule has 7 nitrogen and oxygen atoms in total. The Balaban J connectivity index is 2.50. The number of hydrogen-bond acceptors (Lipinski definition) is 5. The van der Waals surface area contributed by atoms with Crippen LogP contribution in [-0.4, -0.2) is 50.8 Å². The highest BCUT2D eigenvalue weighted by molar-refractivity contribution is 7.89. The van der Waals surface area contributed by atoms with Crippen molar-refractivity contribution in [3.63, 3.8) is 0 Å². The van der Waals surface area contributed by atoms with E-state index in [-0.39, 0.29) is 24.4 Å². The quantitative estimate of drug-likeness (QED) is 0.802. The van der Waals surface area contributed by atoms with Gasteiger partial charge in [-0.3, -0.25) is 9.59 Å². The van der Waals surface area contributed by atoms with Gasteiger partial charge in [-0.15, -0.1) is 0 Å². The first-order valence-electron chi connectivity index (χ1n) is 7.62. The second kappa shape index (κ2) is 6.90. The maximum atomic E-state index is 13.2. The molecule has 2 rings (SSSR count). The van der Waals surface area contributed by atoms with Crippen LogP contribution >= 0.6 is 0 Å². The summed E-state index contributed by atoms with van der Waals surface area (Å²) in [7, 11) is -2.71. The molecule has 0 radical (unpaired) electrons. The van der Waals surface area contributed by atoms with Gasteiger partial charge >= 0.3 is 5.97 Å². The minimum atomic E-state index is -3.91. The van der Waals surface area contributed by atoms with E-state index < -0.39 is 27.9 Å². The van der Waals surface area contributed by atoms with Crippen molar-refractivity contribution >= 4 is 21.9 Å². The van der Waals surface area contributed by atoms with E-state index in [4.69, 9.17) is 0 Å². The Morgan fingerprint density at radius 3 is 2.42 bits per heavy atom. The fourth-order valence-electron chi connectivity index (χ4n) is 3.11. The maximum Gasteiger partial charge on any atom is 0.307 e. The molecule has 1 aromatic carbocycles. The van der Waals surface area contributed by atoms with Crippen LogP contribution in [0.1, 0.15) is 23.1 Å². The minimum absolute atomic E-state index is 0.114. The summed E-state index contributed by atoms with van der Waals surface area (Å²) in [6.07, 6.45) is -0.314. The number of nitrogens with one attached hydrogen (secondary N) is 1. The lowest BCUT2D eigenvalue weighted by molar-refractivity contribution is -0.144. The molecule has 1 aromatic rings. The Bertz CT molecular complexity index is 750. The van der Waals surface area contributed by atoms with E-state index in [1.165, 1.54) is 7.11 Å². The van der Waals surface area contributed by atoms with Crippen LogP contribution in [-0.2, 0) is 24.3 Å². The van der Waals surface area contributed by atoms with E-state index in [9.17, 15) is 18.0 Å². The summed E-state index contributed by atoms with van der Waals surface area (Å²) in [5.74, 6) is -1.12. The fourth-order valence-corrected chi connectivity index (χ4v) is 5.11. The molecule has 1 N–H and O–H groups in total. The van der Waals surface area contributed by atoms with Crippen LogP contribution in [0.25, 0.3) is 0 Å². The number of rotatable bonds is 4. The lowest BCUT2D eigenvalue weighted by Crippen LogP contribution is -2.57. The third-order valence-corrected chi connectivity index (χ3v) is 6.26. The Morgan fingerprint density at radius 1 is 1.29 bits per heavy atom. The average molecular weight is 354 g/mol. The molecular weight excluding hydrogens is 332 g/mol. The summed E-state index contributed by atoms with van der Waals surface area (Å²) in [5, 5.41) is 2.60. The summed E-state index contributed by atoms with van der Waals surface area (Å²) in [5.41, 5.74) is 2.21. The van der Waals surface area contributed by atoms with Crippen LogP contribution in [0.2, 0.25) is 0 Å². The fraction of sp³-hybridized carbons (Fsp3) is 0.500. The van der Waals surface area contributed by atoms with Crippen LogP contribution in [0.3, 0.4) is 0 Å². The third kappa shape index (κ3) is 3.44. The highest BCUT2D eigenvalue weighted by Gasteiger charge is 2.40. The number of nitrogens with zero attached hydrogens (tertiary/aromatic N) is 1. The van der Waals surface area contributed by atoms with Gasteiger partial charge in [0.2, 0.25) is 15.9 Å². The van der Waals surface area contributed by atoms with Crippen molar-refractivity contribution in [2.75, 3.05) is 20.2 Å². The summed E-state index contributed by atoms with van der Waals surface area (Å²) in [4.78, 5) is 23.9. The minimum Gasteiger partial charge on any atom is -0.469 e. The van der Waals surface area contributed by atoms with E-state index in [2.05, 4.69) is 10.1 Å². The molecule has 1 atom stereocenters. The first kappa shape index (κ1) is 18.4. The van der Waals surface area contributed by atoms with Crippen LogP contribution in [0.15, 0.2) is 17.0 Å². The second-order valence-electron chi connectivity index (χ2n) is 5.93. The molecule has 1 fully saturated rings. The smallest absolute Gasteiger partial charge is 0.307 e. The predicted octanol–water partition coefficient (Wildman–Crippen LogP) is 0.664. The summed E-state index contributed by atoms with van der Waals surface area (Å²) in [6.45, 7) is 5.67. The molecule has 1 aliphatic heterocycles. The number of methoxy groups -OCH3 is 1. The number of carbonyl (C=O) groups excluding carboxylic acids is 2. The van der Waals surface area contributed by atoms with E-state index >= 15 is 0 Å². The number of aryl methyl sites for hydroxylation is 3. The number of hydrogen-bond donors (Lipinski definition) is 1. The van der Waals surface area contributed by atoms with Gasteiger partial charge in [-0.2, -0.15) is 4.31 Å². The Morgan fingerprint density at radius 2 is 1.88 bits per heavy atom. The molecule has 1 heterocycles. The molecule has 0 spiro atoms. The molecule has 1 aliphatic rings. The van der Waals surface area contributed by atoms with Gasteiger partial charge in [-0.1, -0.05) is 17.7 Å². The number of ether oxygens (including phenoxy) is 1. The number of amides is 1. The predicted molar refractivity (Wildman–Crippen MR) is 88.0 cm³/mol. The van der Waals surface area contributed by atoms with E-state index in [0.717, 1.165) is 9.87 Å². The van der Waals surface area contributed by atoms with Gasteiger partial charge in [0.05, 0.1) is 18.4 Å². The first-order valence-corrected chi connectivity index (χ1v) is 9.06. The Labute approximate surface area is 142 Å². The molecule has 8 heteroatoms. The topological polar surface area (TPSA) is 92.8 Å². The zero-order valence-corrected chi connectivity index (χ0v) is 15.1. The van der Waals surface area contributed by atoms with Crippen LogP contribution in [0.5, 0.6) is 0 Å². The molecule has 0 saturated carbocycles. The van der Waals surface area contributed by atoms with Gasteiger partial charge in [0.1, 0.15) is 6.04 Å². The highest BCUT2D eigenvalue weighted by atomic mass is 32.2. The molecule has 0 aromatic heterocycles. The largest absolute Gasteiger partial charge is 0.469 e. The van der Waals surface area contributed by atoms with Crippen molar-refractivity contribution in [2.24, 2.45) is 0 Å². The molecule has 132 valence electrons. The molecular formula is C16H22N2O5S. The summed E-state index contributed by atoms with van der Waals surface area (Å²) in [6, 6.07) is 2.48. The standard InChI is InChI=1S/C16H22N2O5S/c1-10-7-11(2)15(12(3)8-10)24(21,22)18-6-5-17-16(20)13(18)9-14(19)23-4/h7-8,13H,5-6,9H2,1-4H3,(H,17,20)/t13-/m0/s1. The molecule has 1 saturated heterocycles. The molecule has 0 unspecified atom stereocenters. The average Bonchev–Trinajstić information content (AvgIpc) is 2.47. The van der Waals surface area contributed by atoms with E-state index in [0.29, 0.717) is 11.1 Å². The molecule has 0 bridgehead atoms. The van der Waals surface area contributed by atoms with Crippen molar-refractivity contribution in [3.05, 3.63) is 28.8 Å². The van der Waals surface area contributed by atoms with Crippen molar-refractivity contribution in [3.8, 4) is 0 Å². The number of benzene rings is 1. The van der Waals surface area contributed by atoms with Crippen LogP contribution in [0, 0.1) is 20.8 Å². The van der Waals surface area contributed by atoms with Crippen molar-refractivity contribution in [1.82, 2.24) is 9.62 Å². The number of esters is 1. The number of carbonyl (C=O) groups is 2. The summed E-state index contributed by atoms with van der Waals surface area (Å²) >= 11 is 0. The normalized spacial score (nSPS) is 19.0. The summed E-state index contributed by atoms with van der Waals surface area (Å²) < 4.78 is 32.0. The third-order valence-electron chi connectivity index (χ3n) is 4.04. The molecule has 24 heavy (non-hydrogen) atoms. The van der Waals surface area contributed by atoms with Crippen LogP contribution in [0.4, 0.5) is 0 Å². The Kier molecular flexibility index (Phi) is 5.29. The highest BCUT2D eigenvalue weighted by Crippen LogP contribution is 2.28. The van der Waals surface area contributed by atoms with Crippen molar-refractivity contribution < 1.29 is 22.7 Å². The number of sulfonamides is 1. The van der Waals surface area contributed by atoms with Gasteiger partial charge < -0.3 is 10.1 Å². The first-order chi connectivity index (χ1) is 11.2. The van der Waals surface area contributed by atoms with Gasteiger partial charge in [-0.25, -0.2) is 8.42 Å². The maximum absolute atomic E-state index is 13.2. The SMILES string of the molecule is COC(=O)C[C@H]1C(=O)NCCN1S(=O)(=O)c1c(C)cc(C)cc1C. The lowest BCUT2D eigenvalue weighted by atomic mass is 10.1. The van der Waals surface area contributed by atoms with E-state index in [1.54, 1.807) is 26.0 Å². The monoisotopic (exact) mass is 354 g/mol. The zero-order chi connectivity index (χ0) is 18.1. The van der Waals surface area contributed by atoms with Crippen molar-refractivity contribution in [2.45, 2.75) is 38.1 Å². The van der Waals surface area contributed by atoms with Crippen molar-refractivity contribution in [1.29, 1.82) is 0 Å².